The highest BCUT2D eigenvalue weighted by Crippen LogP contribution is 2.30. The zero-order chi connectivity index (χ0) is 15.7. The Balaban J connectivity index is 2.21. The minimum Gasteiger partial charge on any atom is -0.494 e. The van der Waals surface area contributed by atoms with Gasteiger partial charge in [-0.15, -0.1) is 0 Å². The largest absolute Gasteiger partial charge is 0.494 e. The summed E-state index contributed by atoms with van der Waals surface area (Å²) in [5.41, 5.74) is 6.32. The zero-order valence-corrected chi connectivity index (χ0v) is 13.0. The molecule has 22 heavy (non-hydrogen) atoms. The fourth-order valence-electron chi connectivity index (χ4n) is 2.80. The topological polar surface area (TPSA) is 63.6 Å². The van der Waals surface area contributed by atoms with Crippen LogP contribution in [0.25, 0.3) is 10.9 Å². The summed E-state index contributed by atoms with van der Waals surface area (Å²) in [6.07, 6.45) is 1.32. The van der Waals surface area contributed by atoms with Gasteiger partial charge in [-0.1, -0.05) is 19.9 Å². The molecule has 1 atom stereocenters. The van der Waals surface area contributed by atoms with Crippen LogP contribution in [0.2, 0.25) is 0 Å². The minimum absolute atomic E-state index is 0.0412. The quantitative estimate of drug-likeness (QED) is 0.947. The second kappa shape index (κ2) is 5.75. The van der Waals surface area contributed by atoms with Gasteiger partial charge in [0.1, 0.15) is 11.3 Å². The Labute approximate surface area is 129 Å². The minimum atomic E-state index is -0.0412. The van der Waals surface area contributed by atoms with Gasteiger partial charge in [-0.05, 0) is 24.6 Å². The molecule has 1 aromatic carbocycles. The lowest BCUT2D eigenvalue weighted by atomic mass is 9.91. The van der Waals surface area contributed by atoms with E-state index in [0.29, 0.717) is 6.42 Å². The lowest BCUT2D eigenvalue weighted by molar-refractivity contribution is -0.121. The molecule has 0 saturated carbocycles. The number of carbonyl (C=O) groups is 1. The summed E-state index contributed by atoms with van der Waals surface area (Å²) in [6, 6.07) is 7.99. The molecule has 3 rings (SSSR count). The van der Waals surface area contributed by atoms with E-state index in [1.165, 1.54) is 0 Å². The van der Waals surface area contributed by atoms with Crippen molar-refractivity contribution in [1.82, 2.24) is 10.4 Å². The van der Waals surface area contributed by atoms with Gasteiger partial charge in [-0.3, -0.25) is 4.79 Å². The third-order valence-electron chi connectivity index (χ3n) is 4.00. The molecule has 1 unspecified atom stereocenters. The Morgan fingerprint density at radius 1 is 1.32 bits per heavy atom. The molecule has 0 bridgehead atoms. The molecule has 5 heteroatoms. The van der Waals surface area contributed by atoms with Crippen LogP contribution in [0.3, 0.4) is 0 Å². The van der Waals surface area contributed by atoms with E-state index in [0.717, 1.165) is 40.0 Å². The molecule has 0 aliphatic carbocycles. The summed E-state index contributed by atoms with van der Waals surface area (Å²) in [4.78, 5) is 16.1. The fourth-order valence-corrected chi connectivity index (χ4v) is 2.80. The lowest BCUT2D eigenvalue weighted by Gasteiger charge is -2.21. The third kappa shape index (κ3) is 2.43. The molecule has 1 aromatic heterocycles. The van der Waals surface area contributed by atoms with E-state index in [1.807, 2.05) is 25.1 Å². The van der Waals surface area contributed by atoms with Gasteiger partial charge in [0.2, 0.25) is 5.91 Å². The van der Waals surface area contributed by atoms with E-state index in [2.05, 4.69) is 23.5 Å². The van der Waals surface area contributed by atoms with E-state index in [-0.39, 0.29) is 11.8 Å². The first-order chi connectivity index (χ1) is 10.6. The van der Waals surface area contributed by atoms with Crippen molar-refractivity contribution in [3.63, 3.8) is 0 Å². The van der Waals surface area contributed by atoms with Crippen molar-refractivity contribution in [2.45, 2.75) is 26.7 Å². The predicted octanol–water partition coefficient (Wildman–Crippen LogP) is 2.67. The van der Waals surface area contributed by atoms with Crippen LogP contribution in [0.15, 0.2) is 29.4 Å². The number of methoxy groups -OCH3 is 1. The van der Waals surface area contributed by atoms with Gasteiger partial charge in [0.15, 0.2) is 0 Å². The Morgan fingerprint density at radius 3 is 2.82 bits per heavy atom. The van der Waals surface area contributed by atoms with Crippen LogP contribution in [0.4, 0.5) is 0 Å². The number of nitrogens with one attached hydrogen (secondary N) is 1. The Hall–Kier alpha value is -2.43. The highest BCUT2D eigenvalue weighted by Gasteiger charge is 2.23. The second-order valence-electron chi connectivity index (χ2n) is 5.50. The first-order valence-corrected chi connectivity index (χ1v) is 7.47. The molecular weight excluding hydrogens is 278 g/mol. The van der Waals surface area contributed by atoms with Gasteiger partial charge in [0.25, 0.3) is 0 Å². The molecule has 114 valence electrons. The average Bonchev–Trinajstić information content (AvgIpc) is 2.53. The summed E-state index contributed by atoms with van der Waals surface area (Å²) in [6.45, 7) is 4.09. The number of carbonyl (C=O) groups excluding carboxylic acids is 1. The van der Waals surface area contributed by atoms with Crippen molar-refractivity contribution in [3.8, 4) is 5.75 Å². The number of ether oxygens (including phenoxy) is 1. The third-order valence-corrected chi connectivity index (χ3v) is 4.00. The lowest BCUT2D eigenvalue weighted by Crippen LogP contribution is -2.32. The SMILES string of the molecule is CCc1ccc2c(C3=NNC(=O)CC3C)ccc(OC)c2n1. The summed E-state index contributed by atoms with van der Waals surface area (Å²) < 4.78 is 5.44. The van der Waals surface area contributed by atoms with Crippen molar-refractivity contribution >= 4 is 22.5 Å². The Morgan fingerprint density at radius 2 is 2.14 bits per heavy atom. The summed E-state index contributed by atoms with van der Waals surface area (Å²) in [7, 11) is 1.65. The van der Waals surface area contributed by atoms with E-state index in [9.17, 15) is 4.79 Å². The maximum Gasteiger partial charge on any atom is 0.240 e. The van der Waals surface area contributed by atoms with Crippen molar-refractivity contribution < 1.29 is 9.53 Å². The molecule has 1 aliphatic heterocycles. The normalized spacial score (nSPS) is 18.0. The number of rotatable bonds is 3. The number of hydrazone groups is 1. The monoisotopic (exact) mass is 297 g/mol. The molecular formula is C17H19N3O2. The maximum atomic E-state index is 11.4. The van der Waals surface area contributed by atoms with Crippen LogP contribution in [-0.4, -0.2) is 23.7 Å². The second-order valence-corrected chi connectivity index (χ2v) is 5.50. The zero-order valence-electron chi connectivity index (χ0n) is 13.0. The van der Waals surface area contributed by atoms with Gasteiger partial charge in [-0.2, -0.15) is 5.10 Å². The summed E-state index contributed by atoms with van der Waals surface area (Å²) in [5, 5.41) is 5.26. The number of amides is 1. The predicted molar refractivity (Wildman–Crippen MR) is 86.1 cm³/mol. The molecule has 2 heterocycles. The van der Waals surface area contributed by atoms with Crippen molar-refractivity contribution in [2.24, 2.45) is 11.0 Å². The fraction of sp³-hybridized carbons (Fsp3) is 0.353. The maximum absolute atomic E-state index is 11.4. The Kier molecular flexibility index (Phi) is 3.79. The van der Waals surface area contributed by atoms with Crippen LogP contribution >= 0.6 is 0 Å². The van der Waals surface area contributed by atoms with Crippen molar-refractivity contribution in [2.75, 3.05) is 7.11 Å². The first-order valence-electron chi connectivity index (χ1n) is 7.47. The number of aryl methyl sites for hydroxylation is 1. The molecule has 0 fully saturated rings. The number of benzene rings is 1. The molecule has 1 aliphatic rings. The van der Waals surface area contributed by atoms with Crippen LogP contribution in [0.5, 0.6) is 5.75 Å². The van der Waals surface area contributed by atoms with Crippen LogP contribution in [0, 0.1) is 5.92 Å². The number of aromatic nitrogens is 1. The van der Waals surface area contributed by atoms with E-state index >= 15 is 0 Å². The molecule has 2 aromatic rings. The van der Waals surface area contributed by atoms with Gasteiger partial charge < -0.3 is 4.74 Å². The standard InChI is InChI=1S/C17H19N3O2/c1-4-11-5-6-13-12(7-8-14(22-3)17(13)18-11)16-10(2)9-15(21)19-20-16/h5-8,10H,4,9H2,1-3H3,(H,19,21). The van der Waals surface area contributed by atoms with Crippen LogP contribution in [-0.2, 0) is 11.2 Å². The number of pyridine rings is 1. The van der Waals surface area contributed by atoms with Gasteiger partial charge in [0.05, 0.1) is 12.8 Å². The van der Waals surface area contributed by atoms with Crippen molar-refractivity contribution in [1.29, 1.82) is 0 Å². The van der Waals surface area contributed by atoms with E-state index in [1.54, 1.807) is 7.11 Å². The van der Waals surface area contributed by atoms with E-state index in [4.69, 9.17) is 9.72 Å². The highest BCUT2D eigenvalue weighted by molar-refractivity contribution is 6.14. The summed E-state index contributed by atoms with van der Waals surface area (Å²) in [5.74, 6) is 0.791. The molecule has 1 amide bonds. The number of hydrogen-bond donors (Lipinski definition) is 1. The smallest absolute Gasteiger partial charge is 0.240 e. The average molecular weight is 297 g/mol. The first kappa shape index (κ1) is 14.5. The molecule has 1 N–H and O–H groups in total. The highest BCUT2D eigenvalue weighted by atomic mass is 16.5. The number of nitrogens with zero attached hydrogens (tertiary/aromatic N) is 2. The molecule has 0 saturated heterocycles. The van der Waals surface area contributed by atoms with Gasteiger partial charge >= 0.3 is 0 Å². The van der Waals surface area contributed by atoms with Crippen LogP contribution in [0.1, 0.15) is 31.5 Å². The molecule has 0 spiro atoms. The Bertz CT molecular complexity index is 768. The number of hydrogen-bond acceptors (Lipinski definition) is 4. The van der Waals surface area contributed by atoms with Gasteiger partial charge in [0, 0.05) is 29.0 Å². The van der Waals surface area contributed by atoms with Crippen LogP contribution < -0.4 is 10.2 Å². The van der Waals surface area contributed by atoms with E-state index < -0.39 is 0 Å². The number of fused-ring (bicyclic) bond motifs is 1. The molecule has 0 radical (unpaired) electrons. The molecule has 5 nitrogen and oxygen atoms in total. The van der Waals surface area contributed by atoms with Gasteiger partial charge in [-0.25, -0.2) is 10.4 Å². The van der Waals surface area contributed by atoms with Crippen molar-refractivity contribution in [3.05, 3.63) is 35.5 Å². The summed E-state index contributed by atoms with van der Waals surface area (Å²) >= 11 is 0.